The zero-order chi connectivity index (χ0) is 9.38. The molecular formula is C13H18O. The van der Waals surface area contributed by atoms with Gasteiger partial charge in [0.25, 0.3) is 0 Å². The largest absolute Gasteiger partial charge is 0.493 e. The van der Waals surface area contributed by atoms with Crippen molar-refractivity contribution in [1.82, 2.24) is 0 Å². The normalized spacial score (nSPS) is 31.4. The van der Waals surface area contributed by atoms with E-state index in [2.05, 4.69) is 6.26 Å². The Bertz CT molecular complexity index is 298. The van der Waals surface area contributed by atoms with Crippen LogP contribution in [-0.2, 0) is 4.74 Å². The summed E-state index contributed by atoms with van der Waals surface area (Å²) in [5, 5.41) is 0. The molecule has 3 aliphatic rings. The van der Waals surface area contributed by atoms with Gasteiger partial charge in [0, 0.05) is 0 Å². The molecule has 0 spiro atoms. The van der Waals surface area contributed by atoms with Gasteiger partial charge in [0.05, 0.1) is 6.26 Å². The summed E-state index contributed by atoms with van der Waals surface area (Å²) >= 11 is 0. The fourth-order valence-corrected chi connectivity index (χ4v) is 3.07. The van der Waals surface area contributed by atoms with Gasteiger partial charge in [-0.1, -0.05) is 0 Å². The maximum absolute atomic E-state index is 5.83. The Kier molecular flexibility index (Phi) is 2.11. The molecular weight excluding hydrogens is 172 g/mol. The van der Waals surface area contributed by atoms with Gasteiger partial charge >= 0.3 is 0 Å². The summed E-state index contributed by atoms with van der Waals surface area (Å²) in [6.07, 6.45) is 13.1. The Morgan fingerprint density at radius 2 is 1.86 bits per heavy atom. The van der Waals surface area contributed by atoms with E-state index in [1.807, 2.05) is 0 Å². The SMILES string of the molecule is C1=C2CCCCC2=C2CCCC[C@@H]2O1. The summed E-state index contributed by atoms with van der Waals surface area (Å²) in [5.74, 6) is 0. The average Bonchev–Trinajstić information content (AvgIpc) is 2.29. The summed E-state index contributed by atoms with van der Waals surface area (Å²) < 4.78 is 5.83. The van der Waals surface area contributed by atoms with E-state index in [0.717, 1.165) is 0 Å². The van der Waals surface area contributed by atoms with Crippen molar-refractivity contribution in [1.29, 1.82) is 0 Å². The van der Waals surface area contributed by atoms with E-state index in [-0.39, 0.29) is 0 Å². The van der Waals surface area contributed by atoms with E-state index in [1.165, 1.54) is 56.9 Å². The first-order valence-corrected chi connectivity index (χ1v) is 6.02. The van der Waals surface area contributed by atoms with Crippen molar-refractivity contribution in [2.24, 2.45) is 0 Å². The van der Waals surface area contributed by atoms with Crippen molar-refractivity contribution < 1.29 is 4.74 Å². The molecule has 0 aromatic heterocycles. The third-order valence-electron chi connectivity index (χ3n) is 3.82. The quantitative estimate of drug-likeness (QED) is 0.565. The van der Waals surface area contributed by atoms with Crippen LogP contribution in [0.3, 0.4) is 0 Å². The van der Waals surface area contributed by atoms with Crippen LogP contribution < -0.4 is 0 Å². The van der Waals surface area contributed by atoms with Crippen LogP contribution in [0.25, 0.3) is 0 Å². The van der Waals surface area contributed by atoms with E-state index in [9.17, 15) is 0 Å². The van der Waals surface area contributed by atoms with Crippen LogP contribution >= 0.6 is 0 Å². The van der Waals surface area contributed by atoms with E-state index in [1.54, 1.807) is 11.1 Å². The number of ether oxygens (including phenoxy) is 1. The monoisotopic (exact) mass is 190 g/mol. The highest BCUT2D eigenvalue weighted by molar-refractivity contribution is 5.40. The summed E-state index contributed by atoms with van der Waals surface area (Å²) in [7, 11) is 0. The molecule has 1 nitrogen and oxygen atoms in total. The van der Waals surface area contributed by atoms with Gasteiger partial charge in [-0.05, 0) is 68.1 Å². The Hall–Kier alpha value is -0.720. The highest BCUT2D eigenvalue weighted by Gasteiger charge is 2.28. The van der Waals surface area contributed by atoms with Gasteiger partial charge in [0.1, 0.15) is 6.10 Å². The van der Waals surface area contributed by atoms with Crippen molar-refractivity contribution in [2.75, 3.05) is 0 Å². The topological polar surface area (TPSA) is 9.23 Å². The fraction of sp³-hybridized carbons (Fsp3) is 0.692. The lowest BCUT2D eigenvalue weighted by molar-refractivity contribution is 0.138. The Labute approximate surface area is 85.8 Å². The molecule has 2 saturated carbocycles. The second-order valence-electron chi connectivity index (χ2n) is 4.72. The Balaban J connectivity index is 1.95. The summed E-state index contributed by atoms with van der Waals surface area (Å²) in [4.78, 5) is 0. The van der Waals surface area contributed by atoms with Crippen LogP contribution in [0.1, 0.15) is 51.4 Å². The molecule has 2 fully saturated rings. The first kappa shape index (κ1) is 8.58. The van der Waals surface area contributed by atoms with Crippen LogP contribution in [0.4, 0.5) is 0 Å². The number of allylic oxidation sites excluding steroid dienone is 2. The van der Waals surface area contributed by atoms with Crippen LogP contribution in [0, 0.1) is 0 Å². The molecule has 0 N–H and O–H groups in total. The van der Waals surface area contributed by atoms with Gasteiger partial charge in [0.2, 0.25) is 0 Å². The maximum atomic E-state index is 5.83. The molecule has 0 unspecified atom stereocenters. The third-order valence-corrected chi connectivity index (χ3v) is 3.82. The number of hydrogen-bond donors (Lipinski definition) is 0. The third kappa shape index (κ3) is 1.30. The van der Waals surface area contributed by atoms with Gasteiger partial charge in [-0.3, -0.25) is 0 Å². The molecule has 76 valence electrons. The van der Waals surface area contributed by atoms with Crippen molar-refractivity contribution in [2.45, 2.75) is 57.5 Å². The predicted octanol–water partition coefficient (Wildman–Crippen LogP) is 3.71. The zero-order valence-corrected chi connectivity index (χ0v) is 8.72. The van der Waals surface area contributed by atoms with Gasteiger partial charge in [-0.2, -0.15) is 0 Å². The lowest BCUT2D eigenvalue weighted by atomic mass is 9.79. The second-order valence-corrected chi connectivity index (χ2v) is 4.72. The highest BCUT2D eigenvalue weighted by atomic mass is 16.5. The Morgan fingerprint density at radius 1 is 1.00 bits per heavy atom. The average molecular weight is 190 g/mol. The molecule has 0 aromatic rings. The van der Waals surface area contributed by atoms with E-state index in [0.29, 0.717) is 6.10 Å². The van der Waals surface area contributed by atoms with Gasteiger partial charge in [-0.15, -0.1) is 0 Å². The van der Waals surface area contributed by atoms with Crippen LogP contribution in [0.15, 0.2) is 23.0 Å². The number of rotatable bonds is 0. The first-order valence-electron chi connectivity index (χ1n) is 6.02. The van der Waals surface area contributed by atoms with E-state index in [4.69, 9.17) is 4.74 Å². The zero-order valence-electron chi connectivity index (χ0n) is 8.72. The van der Waals surface area contributed by atoms with Crippen LogP contribution in [0.2, 0.25) is 0 Å². The molecule has 2 aliphatic carbocycles. The first-order chi connectivity index (χ1) is 6.95. The van der Waals surface area contributed by atoms with E-state index >= 15 is 0 Å². The van der Waals surface area contributed by atoms with Crippen LogP contribution in [-0.4, -0.2) is 6.10 Å². The minimum absolute atomic E-state index is 0.459. The fourth-order valence-electron chi connectivity index (χ4n) is 3.07. The standard InChI is InChI=1S/C13H18O/c1-2-6-11-10(5-1)9-14-13-8-4-3-7-12(11)13/h9,13H,1-8H2/t13-/m0/s1. The van der Waals surface area contributed by atoms with Crippen molar-refractivity contribution in [3.8, 4) is 0 Å². The molecule has 1 heterocycles. The van der Waals surface area contributed by atoms with Gasteiger partial charge < -0.3 is 4.74 Å². The maximum Gasteiger partial charge on any atom is 0.119 e. The second kappa shape index (κ2) is 3.45. The predicted molar refractivity (Wildman–Crippen MR) is 56.9 cm³/mol. The summed E-state index contributed by atoms with van der Waals surface area (Å²) in [6.45, 7) is 0. The van der Waals surface area contributed by atoms with E-state index < -0.39 is 0 Å². The highest BCUT2D eigenvalue weighted by Crippen LogP contribution is 2.40. The lowest BCUT2D eigenvalue weighted by Crippen LogP contribution is -2.24. The minimum Gasteiger partial charge on any atom is -0.493 e. The number of hydrogen-bond acceptors (Lipinski definition) is 1. The Morgan fingerprint density at radius 3 is 2.86 bits per heavy atom. The molecule has 1 aliphatic heterocycles. The minimum atomic E-state index is 0.459. The summed E-state index contributed by atoms with van der Waals surface area (Å²) in [5.41, 5.74) is 4.87. The lowest BCUT2D eigenvalue weighted by Gasteiger charge is -2.34. The molecule has 1 heteroatoms. The molecule has 3 rings (SSSR count). The van der Waals surface area contributed by atoms with Crippen molar-refractivity contribution in [3.05, 3.63) is 23.0 Å². The van der Waals surface area contributed by atoms with Gasteiger partial charge in [-0.25, -0.2) is 0 Å². The molecule has 0 saturated heterocycles. The summed E-state index contributed by atoms with van der Waals surface area (Å²) in [6, 6.07) is 0. The molecule has 0 radical (unpaired) electrons. The van der Waals surface area contributed by atoms with Crippen LogP contribution in [0.5, 0.6) is 0 Å². The number of fused-ring (bicyclic) bond motifs is 2. The molecule has 0 aromatic carbocycles. The van der Waals surface area contributed by atoms with Crippen molar-refractivity contribution >= 4 is 0 Å². The molecule has 14 heavy (non-hydrogen) atoms. The molecule has 0 amide bonds. The molecule has 0 bridgehead atoms. The molecule has 1 atom stereocenters. The smallest absolute Gasteiger partial charge is 0.119 e. The van der Waals surface area contributed by atoms with Gasteiger partial charge in [0.15, 0.2) is 0 Å². The van der Waals surface area contributed by atoms with Crippen molar-refractivity contribution in [3.63, 3.8) is 0 Å².